The third-order valence-corrected chi connectivity index (χ3v) is 4.62. The summed E-state index contributed by atoms with van der Waals surface area (Å²) in [6.07, 6.45) is 5.08. The Morgan fingerprint density at radius 2 is 2.04 bits per heavy atom. The number of nitrogens with one attached hydrogen (secondary N) is 1. The summed E-state index contributed by atoms with van der Waals surface area (Å²) in [4.78, 5) is 26.3. The largest absolute Gasteiger partial charge is 0.481 e. The van der Waals surface area contributed by atoms with E-state index < -0.39 is 6.10 Å². The van der Waals surface area contributed by atoms with E-state index >= 15 is 0 Å². The normalized spacial score (nSPS) is 16.1. The van der Waals surface area contributed by atoms with Gasteiger partial charge in [-0.15, -0.1) is 0 Å². The van der Waals surface area contributed by atoms with Crippen LogP contribution < -0.4 is 10.1 Å². The fourth-order valence-corrected chi connectivity index (χ4v) is 3.17. The summed E-state index contributed by atoms with van der Waals surface area (Å²) >= 11 is 0. The highest BCUT2D eigenvalue weighted by Crippen LogP contribution is 2.23. The van der Waals surface area contributed by atoms with Crippen LogP contribution in [0.3, 0.4) is 0 Å². The zero-order valence-electron chi connectivity index (χ0n) is 15.0. The van der Waals surface area contributed by atoms with Crippen LogP contribution in [0.15, 0.2) is 24.3 Å². The minimum atomic E-state index is -0.609. The standard InChI is InChI=1S/C19H28N2O4/c1-14(19(24)21(2)16-8-4-3-5-9-16)25-17-10-6-7-15(13-17)18(23)20-11-12-22/h6-7,10,13-14,16,22H,3-5,8-9,11-12H2,1-2H3,(H,20,23)/t14-/m1/s1. The molecule has 6 heteroatoms. The molecule has 2 N–H and O–H groups in total. The van der Waals surface area contributed by atoms with Crippen molar-refractivity contribution in [1.82, 2.24) is 10.2 Å². The first-order chi connectivity index (χ1) is 12.0. The van der Waals surface area contributed by atoms with Gasteiger partial charge in [0, 0.05) is 25.2 Å². The van der Waals surface area contributed by atoms with Crippen LogP contribution in [0.1, 0.15) is 49.4 Å². The summed E-state index contributed by atoms with van der Waals surface area (Å²) in [5, 5.41) is 11.4. The lowest BCUT2D eigenvalue weighted by atomic mass is 9.94. The molecule has 6 nitrogen and oxygen atoms in total. The van der Waals surface area contributed by atoms with Gasteiger partial charge in [-0.25, -0.2) is 0 Å². The number of aliphatic hydroxyl groups excluding tert-OH is 1. The first-order valence-electron chi connectivity index (χ1n) is 8.95. The molecule has 0 radical (unpaired) electrons. The Morgan fingerprint density at radius 3 is 2.72 bits per heavy atom. The fourth-order valence-electron chi connectivity index (χ4n) is 3.17. The number of hydrogen-bond acceptors (Lipinski definition) is 4. The molecule has 0 bridgehead atoms. The van der Waals surface area contributed by atoms with Crippen LogP contribution in [-0.4, -0.2) is 54.2 Å². The molecule has 2 rings (SSSR count). The second-order valence-electron chi connectivity index (χ2n) is 6.51. The number of likely N-dealkylation sites (N-methyl/N-ethyl adjacent to an activating group) is 1. The lowest BCUT2D eigenvalue weighted by Crippen LogP contribution is -2.44. The third-order valence-electron chi connectivity index (χ3n) is 4.62. The lowest BCUT2D eigenvalue weighted by molar-refractivity contribution is -0.139. The van der Waals surface area contributed by atoms with Gasteiger partial charge < -0.3 is 20.1 Å². The summed E-state index contributed by atoms with van der Waals surface area (Å²) in [5.74, 6) is 0.161. The average molecular weight is 348 g/mol. The lowest BCUT2D eigenvalue weighted by Gasteiger charge is -2.32. The van der Waals surface area contributed by atoms with Crippen LogP contribution in [0.2, 0.25) is 0 Å². The maximum atomic E-state index is 12.6. The number of carbonyl (C=O) groups excluding carboxylic acids is 2. The first-order valence-corrected chi connectivity index (χ1v) is 8.95. The third kappa shape index (κ3) is 5.46. The van der Waals surface area contributed by atoms with Gasteiger partial charge in [0.05, 0.1) is 6.61 Å². The maximum absolute atomic E-state index is 12.6. The van der Waals surface area contributed by atoms with Gasteiger partial charge in [-0.05, 0) is 38.0 Å². The van der Waals surface area contributed by atoms with Crippen LogP contribution in [0.4, 0.5) is 0 Å². The topological polar surface area (TPSA) is 78.9 Å². The van der Waals surface area contributed by atoms with Crippen LogP contribution >= 0.6 is 0 Å². The van der Waals surface area contributed by atoms with E-state index in [-0.39, 0.29) is 25.0 Å². The van der Waals surface area contributed by atoms with Crippen molar-refractivity contribution in [1.29, 1.82) is 0 Å². The predicted molar refractivity (Wildman–Crippen MR) is 95.6 cm³/mol. The van der Waals surface area contributed by atoms with Gasteiger partial charge >= 0.3 is 0 Å². The van der Waals surface area contributed by atoms with Crippen molar-refractivity contribution in [2.75, 3.05) is 20.2 Å². The Hall–Kier alpha value is -2.08. The minimum Gasteiger partial charge on any atom is -0.481 e. The van der Waals surface area contributed by atoms with Crippen LogP contribution in [0.5, 0.6) is 5.75 Å². The SMILES string of the molecule is C[C@@H](Oc1cccc(C(=O)NCCO)c1)C(=O)N(C)C1CCCCC1. The van der Waals surface area contributed by atoms with Gasteiger partial charge in [0.1, 0.15) is 5.75 Å². The number of hydrogen-bond donors (Lipinski definition) is 2. The Bertz CT molecular complexity index is 585. The molecule has 138 valence electrons. The molecule has 0 heterocycles. The molecular formula is C19H28N2O4. The highest BCUT2D eigenvalue weighted by Gasteiger charge is 2.26. The van der Waals surface area contributed by atoms with Crippen molar-refractivity contribution in [2.45, 2.75) is 51.2 Å². The molecule has 0 saturated heterocycles. The number of amides is 2. The van der Waals surface area contributed by atoms with E-state index in [4.69, 9.17) is 9.84 Å². The predicted octanol–water partition coefficient (Wildman–Crippen LogP) is 1.97. The fraction of sp³-hybridized carbons (Fsp3) is 0.579. The number of carbonyl (C=O) groups is 2. The summed E-state index contributed by atoms with van der Waals surface area (Å²) in [7, 11) is 1.84. The first kappa shape index (κ1) is 19.2. The number of rotatable bonds is 7. The van der Waals surface area contributed by atoms with Crippen molar-refractivity contribution in [3.8, 4) is 5.75 Å². The van der Waals surface area contributed by atoms with E-state index in [9.17, 15) is 9.59 Å². The van der Waals surface area contributed by atoms with Crippen LogP contribution in [0, 0.1) is 0 Å². The molecule has 1 aromatic carbocycles. The van der Waals surface area contributed by atoms with Crippen LogP contribution in [-0.2, 0) is 4.79 Å². The second-order valence-corrected chi connectivity index (χ2v) is 6.51. The summed E-state index contributed by atoms with van der Waals surface area (Å²) < 4.78 is 5.76. The van der Waals surface area contributed by atoms with Crippen molar-refractivity contribution < 1.29 is 19.4 Å². The minimum absolute atomic E-state index is 0.0398. The molecule has 2 amide bonds. The molecule has 0 aromatic heterocycles. The van der Waals surface area contributed by atoms with Gasteiger partial charge in [-0.3, -0.25) is 9.59 Å². The Morgan fingerprint density at radius 1 is 1.32 bits per heavy atom. The van der Waals surface area contributed by atoms with Gasteiger partial charge in [0.2, 0.25) is 0 Å². The molecule has 1 saturated carbocycles. The van der Waals surface area contributed by atoms with Crippen LogP contribution in [0.25, 0.3) is 0 Å². The van der Waals surface area contributed by atoms with Crippen molar-refractivity contribution in [3.63, 3.8) is 0 Å². The summed E-state index contributed by atoms with van der Waals surface area (Å²) in [6, 6.07) is 7.01. The molecule has 1 atom stereocenters. The maximum Gasteiger partial charge on any atom is 0.263 e. The number of aliphatic hydroxyl groups is 1. The second kappa shape index (κ2) is 9.42. The van der Waals surface area contributed by atoms with E-state index in [1.807, 2.05) is 11.9 Å². The van der Waals surface area contributed by atoms with E-state index in [1.165, 1.54) is 19.3 Å². The van der Waals surface area contributed by atoms with Gasteiger partial charge in [-0.1, -0.05) is 25.3 Å². The molecule has 0 aliphatic heterocycles. The zero-order chi connectivity index (χ0) is 18.2. The Balaban J connectivity index is 1.96. The Kier molecular flexibility index (Phi) is 7.25. The Labute approximate surface area is 149 Å². The molecule has 1 aliphatic rings. The molecule has 0 spiro atoms. The van der Waals surface area contributed by atoms with Crippen molar-refractivity contribution in [2.24, 2.45) is 0 Å². The molecule has 1 aromatic rings. The number of nitrogens with zero attached hydrogens (tertiary/aromatic N) is 1. The van der Waals surface area contributed by atoms with Gasteiger partial charge in [-0.2, -0.15) is 0 Å². The van der Waals surface area contributed by atoms with Crippen molar-refractivity contribution in [3.05, 3.63) is 29.8 Å². The van der Waals surface area contributed by atoms with Crippen molar-refractivity contribution >= 4 is 11.8 Å². The molecule has 25 heavy (non-hydrogen) atoms. The molecule has 1 aliphatic carbocycles. The highest BCUT2D eigenvalue weighted by atomic mass is 16.5. The molecule has 0 unspecified atom stereocenters. The van der Waals surface area contributed by atoms with E-state index in [1.54, 1.807) is 31.2 Å². The monoisotopic (exact) mass is 348 g/mol. The average Bonchev–Trinajstić information content (AvgIpc) is 2.65. The number of ether oxygens (including phenoxy) is 1. The molecular weight excluding hydrogens is 320 g/mol. The summed E-state index contributed by atoms with van der Waals surface area (Å²) in [5.41, 5.74) is 0.436. The van der Waals surface area contributed by atoms with E-state index in [2.05, 4.69) is 5.32 Å². The quantitative estimate of drug-likeness (QED) is 0.790. The van der Waals surface area contributed by atoms with Gasteiger partial charge in [0.25, 0.3) is 11.8 Å². The van der Waals surface area contributed by atoms with Gasteiger partial charge in [0.15, 0.2) is 6.10 Å². The van der Waals surface area contributed by atoms with E-state index in [0.29, 0.717) is 17.4 Å². The highest BCUT2D eigenvalue weighted by molar-refractivity contribution is 5.94. The number of benzene rings is 1. The smallest absolute Gasteiger partial charge is 0.263 e. The van der Waals surface area contributed by atoms with E-state index in [0.717, 1.165) is 12.8 Å². The molecule has 1 fully saturated rings. The summed E-state index contributed by atoms with van der Waals surface area (Å²) in [6.45, 7) is 1.83. The zero-order valence-corrected chi connectivity index (χ0v) is 15.0.